The highest BCUT2D eigenvalue weighted by atomic mass is 35.5. The van der Waals surface area contributed by atoms with E-state index in [2.05, 4.69) is 4.98 Å². The molecule has 0 unspecified atom stereocenters. The van der Waals surface area contributed by atoms with Crippen LogP contribution < -0.4 is 15.6 Å². The number of rotatable bonds is 4. The van der Waals surface area contributed by atoms with Gasteiger partial charge in [-0.3, -0.25) is 9.10 Å². The molecule has 184 valence electrons. The zero-order valence-corrected chi connectivity index (χ0v) is 20.6. The molecule has 0 saturated heterocycles. The van der Waals surface area contributed by atoms with E-state index in [0.29, 0.717) is 12.1 Å². The smallest absolute Gasteiger partial charge is 0.338 e. The van der Waals surface area contributed by atoms with Gasteiger partial charge in [0.25, 0.3) is 15.6 Å². The monoisotopic (exact) mass is 525 g/mol. The van der Waals surface area contributed by atoms with Crippen molar-refractivity contribution < 1.29 is 17.9 Å². The topological polar surface area (TPSA) is 119 Å². The van der Waals surface area contributed by atoms with Crippen molar-refractivity contribution in [3.05, 3.63) is 97.7 Å². The molecule has 0 bridgehead atoms. The number of aryl methyl sites for hydroxylation is 1. The van der Waals surface area contributed by atoms with Gasteiger partial charge in [0.1, 0.15) is 0 Å². The van der Waals surface area contributed by atoms with Crippen LogP contribution in [0.2, 0.25) is 5.02 Å². The number of esters is 1. The third kappa shape index (κ3) is 3.78. The van der Waals surface area contributed by atoms with Gasteiger partial charge >= 0.3 is 11.7 Å². The van der Waals surface area contributed by atoms with Crippen molar-refractivity contribution in [1.29, 1.82) is 0 Å². The zero-order valence-electron chi connectivity index (χ0n) is 19.0. The van der Waals surface area contributed by atoms with Gasteiger partial charge in [-0.15, -0.1) is 0 Å². The molecule has 4 aromatic rings. The second-order valence-corrected chi connectivity index (χ2v) is 10.5. The van der Waals surface area contributed by atoms with Crippen molar-refractivity contribution in [3.63, 3.8) is 0 Å². The minimum atomic E-state index is -4.04. The molecule has 0 radical (unpaired) electrons. The number of sulfonamides is 1. The van der Waals surface area contributed by atoms with Gasteiger partial charge in [0.05, 0.1) is 44.9 Å². The van der Waals surface area contributed by atoms with Crippen LogP contribution in [0.1, 0.15) is 22.3 Å². The van der Waals surface area contributed by atoms with Gasteiger partial charge in [0.2, 0.25) is 0 Å². The van der Waals surface area contributed by atoms with Crippen molar-refractivity contribution in [3.8, 4) is 5.69 Å². The number of nitrogens with one attached hydrogen (secondary N) is 1. The molecular weight excluding hydrogens is 506 g/mol. The highest BCUT2D eigenvalue weighted by Crippen LogP contribution is 2.33. The molecule has 1 N–H and O–H groups in total. The number of halogens is 1. The summed E-state index contributed by atoms with van der Waals surface area (Å²) in [5, 5.41) is -0.103. The Balaban J connectivity index is 1.72. The predicted octanol–water partition coefficient (Wildman–Crippen LogP) is 3.26. The minimum Gasteiger partial charge on any atom is -0.465 e. The first-order valence-corrected chi connectivity index (χ1v) is 12.8. The molecule has 0 spiro atoms. The van der Waals surface area contributed by atoms with Crippen molar-refractivity contribution in [1.82, 2.24) is 9.55 Å². The van der Waals surface area contributed by atoms with Gasteiger partial charge in [-0.05, 0) is 54.8 Å². The summed E-state index contributed by atoms with van der Waals surface area (Å²) < 4.78 is 34.1. The predicted molar refractivity (Wildman–Crippen MR) is 136 cm³/mol. The number of benzene rings is 3. The Morgan fingerprint density at radius 2 is 1.81 bits per heavy atom. The molecule has 0 atom stereocenters. The normalized spacial score (nSPS) is 13.4. The van der Waals surface area contributed by atoms with E-state index in [0.717, 1.165) is 16.6 Å². The number of hydrogen-bond acceptors (Lipinski definition) is 6. The van der Waals surface area contributed by atoms with E-state index in [9.17, 15) is 22.8 Å². The highest BCUT2D eigenvalue weighted by molar-refractivity contribution is 7.92. The number of carbonyl (C=O) groups is 1. The Labute approximate surface area is 210 Å². The molecule has 2 heterocycles. The average molecular weight is 526 g/mol. The molecule has 0 amide bonds. The minimum absolute atomic E-state index is 0.0181. The Morgan fingerprint density at radius 1 is 1.03 bits per heavy atom. The van der Waals surface area contributed by atoms with Crippen LogP contribution in [-0.2, 0) is 21.2 Å². The first-order chi connectivity index (χ1) is 17.2. The quantitative estimate of drug-likeness (QED) is 0.408. The number of hydrogen-bond donors (Lipinski definition) is 1. The SMILES string of the molecule is COC(=O)c1cccc2[nH]c(=O)n(-c3cc(S(=O)(=O)N4CCCc5ccccc54)ccc3Cl)c(=O)c12. The highest BCUT2D eigenvalue weighted by Gasteiger charge is 2.30. The van der Waals surface area contributed by atoms with Gasteiger partial charge in [-0.25, -0.2) is 22.6 Å². The fourth-order valence-corrected chi connectivity index (χ4v) is 6.22. The molecule has 0 aliphatic carbocycles. The van der Waals surface area contributed by atoms with Crippen molar-refractivity contribution in [2.24, 2.45) is 0 Å². The van der Waals surface area contributed by atoms with E-state index in [4.69, 9.17) is 16.3 Å². The Bertz CT molecular complexity index is 1760. The third-order valence-corrected chi connectivity index (χ3v) is 8.27. The number of para-hydroxylation sites is 1. The molecule has 1 aliphatic rings. The number of methoxy groups -OCH3 is 1. The maximum atomic E-state index is 13.7. The Morgan fingerprint density at radius 3 is 2.58 bits per heavy atom. The molecule has 0 saturated carbocycles. The lowest BCUT2D eigenvalue weighted by molar-refractivity contribution is 0.0603. The van der Waals surface area contributed by atoms with Gasteiger partial charge in [0.15, 0.2) is 0 Å². The van der Waals surface area contributed by atoms with Crippen LogP contribution in [0.3, 0.4) is 0 Å². The zero-order chi connectivity index (χ0) is 25.6. The van der Waals surface area contributed by atoms with Crippen LogP contribution in [0.4, 0.5) is 5.69 Å². The van der Waals surface area contributed by atoms with E-state index in [1.807, 2.05) is 12.1 Å². The van der Waals surface area contributed by atoms with Crippen LogP contribution in [-0.4, -0.2) is 37.6 Å². The molecule has 0 fully saturated rings. The van der Waals surface area contributed by atoms with E-state index < -0.39 is 27.2 Å². The maximum absolute atomic E-state index is 13.7. The summed E-state index contributed by atoms with van der Waals surface area (Å²) in [6, 6.07) is 15.5. The number of carbonyl (C=O) groups excluding carboxylic acids is 1. The van der Waals surface area contributed by atoms with Crippen molar-refractivity contribution in [2.45, 2.75) is 17.7 Å². The lowest BCUT2D eigenvalue weighted by atomic mass is 10.0. The van der Waals surface area contributed by atoms with Gasteiger partial charge in [-0.2, -0.15) is 0 Å². The number of anilines is 1. The fourth-order valence-electron chi connectivity index (χ4n) is 4.46. The summed E-state index contributed by atoms with van der Waals surface area (Å²) in [4.78, 5) is 41.1. The molecule has 3 aromatic carbocycles. The van der Waals surface area contributed by atoms with E-state index in [1.54, 1.807) is 12.1 Å². The molecule has 36 heavy (non-hydrogen) atoms. The van der Waals surface area contributed by atoms with Gasteiger partial charge in [0, 0.05) is 6.54 Å². The number of nitrogens with zero attached hydrogens (tertiary/aromatic N) is 2. The van der Waals surface area contributed by atoms with Crippen molar-refractivity contribution >= 4 is 44.2 Å². The maximum Gasteiger partial charge on any atom is 0.338 e. The van der Waals surface area contributed by atoms with Crippen LogP contribution in [0.15, 0.2) is 75.1 Å². The summed E-state index contributed by atoms with van der Waals surface area (Å²) in [5.74, 6) is -0.762. The fraction of sp³-hybridized carbons (Fsp3) is 0.160. The largest absolute Gasteiger partial charge is 0.465 e. The first-order valence-electron chi connectivity index (χ1n) is 11.0. The Hall–Kier alpha value is -3.89. The summed E-state index contributed by atoms with van der Waals surface area (Å²) >= 11 is 6.36. The average Bonchev–Trinajstić information content (AvgIpc) is 2.88. The molecule has 9 nitrogen and oxygen atoms in total. The van der Waals surface area contributed by atoms with Crippen molar-refractivity contribution in [2.75, 3.05) is 18.0 Å². The van der Waals surface area contributed by atoms with Crippen LogP contribution in [0.25, 0.3) is 16.6 Å². The third-order valence-electron chi connectivity index (χ3n) is 6.15. The summed E-state index contributed by atoms with van der Waals surface area (Å²) in [7, 11) is -2.87. The van der Waals surface area contributed by atoms with E-state index in [-0.39, 0.29) is 38.6 Å². The van der Waals surface area contributed by atoms with E-state index >= 15 is 0 Å². The number of aromatic amines is 1. The number of aromatic nitrogens is 2. The van der Waals surface area contributed by atoms with Crippen LogP contribution >= 0.6 is 11.6 Å². The second-order valence-electron chi connectivity index (χ2n) is 8.21. The first kappa shape index (κ1) is 23.8. The van der Waals surface area contributed by atoms with Gasteiger partial charge < -0.3 is 9.72 Å². The molecule has 1 aromatic heterocycles. The number of fused-ring (bicyclic) bond motifs is 2. The lowest BCUT2D eigenvalue weighted by Gasteiger charge is -2.30. The van der Waals surface area contributed by atoms with E-state index in [1.165, 1.54) is 47.8 Å². The molecule has 11 heteroatoms. The molecule has 5 rings (SSSR count). The summed E-state index contributed by atoms with van der Waals surface area (Å²) in [6.45, 7) is 0.288. The number of H-pyrrole nitrogens is 1. The summed E-state index contributed by atoms with van der Waals surface area (Å²) in [6.07, 6.45) is 1.41. The number of ether oxygens (including phenoxy) is 1. The standard InChI is InChI=1S/C25H20ClN3O6S/c1-35-24(31)17-8-4-9-19-22(17)23(30)29(25(32)27-19)21-14-16(11-12-18(21)26)36(33,34)28-13-5-7-15-6-2-3-10-20(15)28/h2-4,6,8-12,14H,5,7,13H2,1H3,(H,27,32). The van der Waals surface area contributed by atoms with Crippen LogP contribution in [0, 0.1) is 0 Å². The molecule has 1 aliphatic heterocycles. The second kappa shape index (κ2) is 8.96. The summed E-state index contributed by atoms with van der Waals surface area (Å²) in [5.41, 5.74) is -0.216. The van der Waals surface area contributed by atoms with Crippen LogP contribution in [0.5, 0.6) is 0 Å². The molecular formula is C25H20ClN3O6S. The lowest BCUT2D eigenvalue weighted by Crippen LogP contribution is -2.36. The van der Waals surface area contributed by atoms with Gasteiger partial charge in [-0.1, -0.05) is 35.9 Å². The Kier molecular flexibility index (Phi) is 5.93.